The van der Waals surface area contributed by atoms with Crippen LogP contribution in [0.1, 0.15) is 71.6 Å². The van der Waals surface area contributed by atoms with Crippen molar-refractivity contribution in [1.29, 1.82) is 0 Å². The molecule has 1 rings (SSSR count). The lowest BCUT2D eigenvalue weighted by Crippen LogP contribution is -2.58. The van der Waals surface area contributed by atoms with Crippen LogP contribution in [0.4, 0.5) is 0 Å². The number of carboxylic acid groups (broad SMARTS) is 1. The smallest absolute Gasteiger partial charge is 0.326 e. The zero-order chi connectivity index (χ0) is 30.2. The van der Waals surface area contributed by atoms with Crippen LogP contribution in [0.2, 0.25) is 0 Å². The van der Waals surface area contributed by atoms with Crippen molar-refractivity contribution in [2.24, 2.45) is 23.1 Å². The molecule has 0 saturated carbocycles. The molecule has 0 aromatic rings. The Morgan fingerprint density at radius 3 is 1.98 bits per heavy atom. The molecule has 5 atom stereocenters. The highest BCUT2D eigenvalue weighted by molar-refractivity contribution is 5.95. The Bertz CT molecular complexity index is 842. The minimum Gasteiger partial charge on any atom is -0.480 e. The van der Waals surface area contributed by atoms with Crippen molar-refractivity contribution in [2.45, 2.75) is 102 Å². The number of carboxylic acids is 1. The van der Waals surface area contributed by atoms with Crippen molar-refractivity contribution in [2.75, 3.05) is 26.2 Å². The van der Waals surface area contributed by atoms with Gasteiger partial charge < -0.3 is 48.3 Å². The number of nitrogens with zero attached hydrogens (tertiary/aromatic N) is 1. The second-order valence-electron chi connectivity index (χ2n) is 10.7. The fourth-order valence-corrected chi connectivity index (χ4v) is 4.61. The maximum atomic E-state index is 13.7. The number of amides is 4. The van der Waals surface area contributed by atoms with Gasteiger partial charge in [-0.15, -0.1) is 0 Å². The van der Waals surface area contributed by atoms with Gasteiger partial charge >= 0.3 is 5.97 Å². The van der Waals surface area contributed by atoms with Gasteiger partial charge in [0.05, 0.1) is 6.61 Å². The average molecular weight is 572 g/mol. The quantitative estimate of drug-likeness (QED) is 0.0803. The lowest BCUT2D eigenvalue weighted by Gasteiger charge is -2.31. The summed E-state index contributed by atoms with van der Waals surface area (Å²) in [5.74, 6) is -3.43. The molecule has 4 amide bonds. The highest BCUT2D eigenvalue weighted by Crippen LogP contribution is 2.21. The molecule has 14 nitrogen and oxygen atoms in total. The standard InChI is InChI=1S/C26H49N7O7/c1-16(2)14-20(32-23(36)18(8-3-5-11-27)30-22(35)17(29)15-34)25(38)33-13-7-10-21(33)24(37)31-19(26(39)40)9-4-6-12-28/h16-21,34H,3-15,27-29H2,1-2H3,(H,30,35)(H,31,37)(H,32,36)(H,39,40). The van der Waals surface area contributed by atoms with E-state index in [0.717, 1.165) is 0 Å². The van der Waals surface area contributed by atoms with Crippen molar-refractivity contribution in [3.05, 3.63) is 0 Å². The van der Waals surface area contributed by atoms with E-state index in [2.05, 4.69) is 16.0 Å². The lowest BCUT2D eigenvalue weighted by atomic mass is 10.0. The van der Waals surface area contributed by atoms with Gasteiger partial charge in [-0.25, -0.2) is 4.79 Å². The Balaban J connectivity index is 3.04. The number of hydrogen-bond acceptors (Lipinski definition) is 9. The molecule has 1 aliphatic rings. The summed E-state index contributed by atoms with van der Waals surface area (Å²) in [7, 11) is 0. The first-order valence-electron chi connectivity index (χ1n) is 14.2. The van der Waals surface area contributed by atoms with Gasteiger partial charge in [0.2, 0.25) is 23.6 Å². The molecule has 0 spiro atoms. The molecular formula is C26H49N7O7. The number of unbranched alkanes of at least 4 members (excludes halogenated alkanes) is 2. The Kier molecular flexibility index (Phi) is 16.3. The largest absolute Gasteiger partial charge is 0.480 e. The normalized spacial score (nSPS) is 18.1. The van der Waals surface area contributed by atoms with Crippen molar-refractivity contribution in [3.63, 3.8) is 0 Å². The zero-order valence-corrected chi connectivity index (χ0v) is 23.8. The minimum absolute atomic E-state index is 0.0103. The summed E-state index contributed by atoms with van der Waals surface area (Å²) in [4.78, 5) is 65.4. The lowest BCUT2D eigenvalue weighted by molar-refractivity contribution is -0.145. The highest BCUT2D eigenvalue weighted by Gasteiger charge is 2.39. The van der Waals surface area contributed by atoms with E-state index in [1.165, 1.54) is 4.90 Å². The number of carbonyl (C=O) groups excluding carboxylic acids is 4. The van der Waals surface area contributed by atoms with Gasteiger partial charge in [0.1, 0.15) is 30.2 Å². The van der Waals surface area contributed by atoms with Gasteiger partial charge in [-0.2, -0.15) is 0 Å². The summed E-state index contributed by atoms with van der Waals surface area (Å²) in [6, 6.07) is -5.13. The Morgan fingerprint density at radius 2 is 1.45 bits per heavy atom. The summed E-state index contributed by atoms with van der Waals surface area (Å²) in [5, 5.41) is 26.6. The van der Waals surface area contributed by atoms with Crippen LogP contribution in [0.5, 0.6) is 0 Å². The van der Waals surface area contributed by atoms with Gasteiger partial charge in [0.25, 0.3) is 0 Å². The summed E-state index contributed by atoms with van der Waals surface area (Å²) in [5.41, 5.74) is 16.6. The van der Waals surface area contributed by atoms with Crippen LogP contribution in [-0.4, -0.2) is 101 Å². The minimum atomic E-state index is -1.20. The van der Waals surface area contributed by atoms with Crippen LogP contribution in [0.15, 0.2) is 0 Å². The summed E-state index contributed by atoms with van der Waals surface area (Å²) in [6.45, 7) is 4.29. The number of hydrogen-bond donors (Lipinski definition) is 8. The number of nitrogens with two attached hydrogens (primary N) is 3. The third-order valence-electron chi connectivity index (χ3n) is 6.84. The van der Waals surface area contributed by atoms with Crippen molar-refractivity contribution in [3.8, 4) is 0 Å². The predicted molar refractivity (Wildman–Crippen MR) is 148 cm³/mol. The molecule has 1 fully saturated rings. The Morgan fingerprint density at radius 1 is 0.875 bits per heavy atom. The zero-order valence-electron chi connectivity index (χ0n) is 23.8. The van der Waals surface area contributed by atoms with E-state index in [0.29, 0.717) is 51.6 Å². The van der Waals surface area contributed by atoms with E-state index in [4.69, 9.17) is 17.2 Å². The van der Waals surface area contributed by atoms with E-state index in [1.807, 2.05) is 13.8 Å². The first-order valence-corrected chi connectivity index (χ1v) is 14.2. The van der Waals surface area contributed by atoms with Crippen molar-refractivity contribution >= 4 is 29.6 Å². The molecule has 1 saturated heterocycles. The second-order valence-corrected chi connectivity index (χ2v) is 10.7. The van der Waals surface area contributed by atoms with Crippen LogP contribution in [0.3, 0.4) is 0 Å². The van der Waals surface area contributed by atoms with E-state index >= 15 is 0 Å². The van der Waals surface area contributed by atoms with E-state index in [9.17, 15) is 34.2 Å². The van der Waals surface area contributed by atoms with E-state index < -0.39 is 66.4 Å². The summed E-state index contributed by atoms with van der Waals surface area (Å²) < 4.78 is 0. The fraction of sp³-hybridized carbons (Fsp3) is 0.808. The molecular weight excluding hydrogens is 522 g/mol. The van der Waals surface area contributed by atoms with Crippen LogP contribution in [0, 0.1) is 5.92 Å². The molecule has 11 N–H and O–H groups in total. The summed E-state index contributed by atoms with van der Waals surface area (Å²) >= 11 is 0. The predicted octanol–water partition coefficient (Wildman–Crippen LogP) is -1.86. The number of aliphatic hydroxyl groups is 1. The van der Waals surface area contributed by atoms with Gasteiger partial charge in [0.15, 0.2) is 0 Å². The topological polar surface area (TPSA) is 243 Å². The Labute approximate surface area is 236 Å². The van der Waals surface area contributed by atoms with Crippen molar-refractivity contribution < 1.29 is 34.2 Å². The maximum Gasteiger partial charge on any atom is 0.326 e. The molecule has 1 heterocycles. The monoisotopic (exact) mass is 571 g/mol. The molecule has 5 unspecified atom stereocenters. The molecule has 230 valence electrons. The molecule has 14 heteroatoms. The molecule has 40 heavy (non-hydrogen) atoms. The second kappa shape index (κ2) is 18.5. The highest BCUT2D eigenvalue weighted by atomic mass is 16.4. The molecule has 0 aromatic heterocycles. The molecule has 0 aromatic carbocycles. The third-order valence-corrected chi connectivity index (χ3v) is 6.84. The molecule has 1 aliphatic heterocycles. The average Bonchev–Trinajstić information content (AvgIpc) is 3.40. The number of aliphatic hydroxyl groups excluding tert-OH is 1. The first kappa shape index (κ1) is 35.2. The van der Waals surface area contributed by atoms with Gasteiger partial charge in [0, 0.05) is 6.54 Å². The van der Waals surface area contributed by atoms with Gasteiger partial charge in [-0.05, 0) is 76.8 Å². The molecule has 0 radical (unpaired) electrons. The van der Waals surface area contributed by atoms with Crippen LogP contribution in [0.25, 0.3) is 0 Å². The number of likely N-dealkylation sites (tertiary alicyclic amines) is 1. The fourth-order valence-electron chi connectivity index (χ4n) is 4.61. The van der Waals surface area contributed by atoms with Crippen LogP contribution in [-0.2, 0) is 24.0 Å². The van der Waals surface area contributed by atoms with Gasteiger partial charge in [-0.1, -0.05) is 13.8 Å². The van der Waals surface area contributed by atoms with Crippen LogP contribution >= 0.6 is 0 Å². The van der Waals surface area contributed by atoms with Crippen LogP contribution < -0.4 is 33.2 Å². The Hall–Kier alpha value is -2.81. The van der Waals surface area contributed by atoms with E-state index in [-0.39, 0.29) is 31.7 Å². The number of carbonyl (C=O) groups is 5. The maximum absolute atomic E-state index is 13.7. The van der Waals surface area contributed by atoms with Gasteiger partial charge in [-0.3, -0.25) is 19.2 Å². The number of nitrogens with one attached hydrogen (secondary N) is 3. The van der Waals surface area contributed by atoms with E-state index in [1.54, 1.807) is 0 Å². The van der Waals surface area contributed by atoms with Crippen molar-refractivity contribution in [1.82, 2.24) is 20.9 Å². The summed E-state index contributed by atoms with van der Waals surface area (Å²) in [6.07, 6.45) is 4.00. The molecule has 0 bridgehead atoms. The number of aliphatic carboxylic acids is 1. The third kappa shape index (κ3) is 11.7. The number of rotatable bonds is 19. The molecule has 0 aliphatic carbocycles. The first-order chi connectivity index (χ1) is 19.0. The SMILES string of the molecule is CC(C)CC(NC(=O)C(CCCCN)NC(=O)C(N)CO)C(=O)N1CCCC1C(=O)NC(CCCCN)C(=O)O.